The fourth-order valence-electron chi connectivity index (χ4n) is 4.71. The predicted octanol–water partition coefficient (Wildman–Crippen LogP) is 2.94. The molecule has 0 radical (unpaired) electrons. The van der Waals surface area contributed by atoms with Crippen LogP contribution in [0.2, 0.25) is 0 Å². The van der Waals surface area contributed by atoms with Crippen LogP contribution in [0, 0.1) is 5.82 Å². The number of amides is 4. The number of likely N-dealkylation sites (tertiary alicyclic amines) is 1. The maximum Gasteiger partial charge on any atom is 0.410 e. The molecule has 1 aromatic carbocycles. The number of halogens is 1. The maximum absolute atomic E-state index is 14.1. The molecule has 218 valence electrons. The third-order valence-electron chi connectivity index (χ3n) is 6.44. The Morgan fingerprint density at radius 3 is 2.48 bits per heavy atom. The Morgan fingerprint density at radius 2 is 1.88 bits per heavy atom. The van der Waals surface area contributed by atoms with E-state index in [0.29, 0.717) is 11.1 Å². The fourth-order valence-corrected chi connectivity index (χ4v) is 4.71. The zero-order valence-electron chi connectivity index (χ0n) is 23.5. The quantitative estimate of drug-likeness (QED) is 0.465. The summed E-state index contributed by atoms with van der Waals surface area (Å²) in [6.07, 6.45) is -1.14. The van der Waals surface area contributed by atoms with Crippen molar-refractivity contribution in [3.8, 4) is 0 Å². The summed E-state index contributed by atoms with van der Waals surface area (Å²) in [7, 11) is 0. The van der Waals surface area contributed by atoms with Crippen molar-refractivity contribution < 1.29 is 37.8 Å². The van der Waals surface area contributed by atoms with Crippen LogP contribution in [-0.4, -0.2) is 69.9 Å². The van der Waals surface area contributed by atoms with Crippen molar-refractivity contribution in [1.29, 1.82) is 0 Å². The van der Waals surface area contributed by atoms with Gasteiger partial charge in [0.05, 0.1) is 13.1 Å². The Bertz CT molecular complexity index is 1210. The minimum Gasteiger partial charge on any atom is -0.444 e. The summed E-state index contributed by atoms with van der Waals surface area (Å²) in [5.74, 6) is -2.11. The van der Waals surface area contributed by atoms with Crippen LogP contribution in [0.3, 0.4) is 0 Å². The molecule has 2 heterocycles. The Labute approximate surface area is 232 Å². The van der Waals surface area contributed by atoms with E-state index < -0.39 is 53.6 Å². The molecule has 1 aromatic rings. The van der Waals surface area contributed by atoms with Crippen molar-refractivity contribution in [1.82, 2.24) is 15.1 Å². The summed E-state index contributed by atoms with van der Waals surface area (Å²) in [6.45, 7) is 8.58. The van der Waals surface area contributed by atoms with Crippen molar-refractivity contribution in [3.63, 3.8) is 0 Å². The van der Waals surface area contributed by atoms with E-state index in [1.807, 2.05) is 0 Å². The molecule has 11 nitrogen and oxygen atoms in total. The monoisotopic (exact) mass is 560 g/mol. The average Bonchev–Trinajstić information content (AvgIpc) is 3.45. The van der Waals surface area contributed by atoms with Crippen LogP contribution in [0.15, 0.2) is 29.8 Å². The summed E-state index contributed by atoms with van der Waals surface area (Å²) < 4.78 is 25.0. The Kier molecular flexibility index (Phi) is 9.54. The molecule has 40 heavy (non-hydrogen) atoms. The number of rotatable bonds is 8. The number of alkyl carbamates (subject to hydrolysis) is 1. The number of nitrogens with zero attached hydrogens (tertiary/aromatic N) is 2. The minimum absolute atomic E-state index is 0.0387. The minimum atomic E-state index is -1.20. The molecule has 2 aliphatic rings. The molecule has 0 aromatic heterocycles. The summed E-state index contributed by atoms with van der Waals surface area (Å²) >= 11 is 0. The lowest BCUT2D eigenvalue weighted by Crippen LogP contribution is -2.53. The molecule has 1 unspecified atom stereocenters. The van der Waals surface area contributed by atoms with Crippen LogP contribution in [0.4, 0.5) is 14.0 Å². The normalized spacial score (nSPS) is 18.9. The molecule has 3 atom stereocenters. The SMILES string of the molecule is CC(C)=CC(=O)CC[C@H](NC(=O)OC(C)(C)C)C(=O)N1C[C@H](OC(=O)N2Cc3cccc(F)c3C2)CC1C(N)=O. The first kappa shape index (κ1) is 30.6. The molecule has 1 fully saturated rings. The van der Waals surface area contributed by atoms with Gasteiger partial charge < -0.3 is 25.4 Å². The number of nitrogens with one attached hydrogen (secondary N) is 1. The highest BCUT2D eigenvalue weighted by molar-refractivity contribution is 5.93. The zero-order chi connectivity index (χ0) is 29.8. The standard InChI is InChI=1S/C28H37FN4O7/c1-16(2)11-18(34)9-10-22(31-26(37)40-28(3,4)5)25(36)33-14-19(12-23(33)24(30)35)39-27(38)32-13-17-7-6-8-21(29)20(17)15-32/h6-8,11,19,22-23H,9-10,12-15H2,1-5H3,(H2,30,35)(H,31,37)/t19-,22+,23?/m1/s1. The topological polar surface area (TPSA) is 148 Å². The van der Waals surface area contributed by atoms with E-state index in [1.165, 1.54) is 17.0 Å². The first-order chi connectivity index (χ1) is 18.6. The number of allylic oxidation sites excluding steroid dienone is 2. The van der Waals surface area contributed by atoms with Crippen molar-refractivity contribution in [2.45, 2.75) is 90.8 Å². The third-order valence-corrected chi connectivity index (χ3v) is 6.44. The van der Waals surface area contributed by atoms with Crippen LogP contribution in [-0.2, 0) is 36.9 Å². The molecule has 0 bridgehead atoms. The van der Waals surface area contributed by atoms with Crippen molar-refractivity contribution in [2.75, 3.05) is 6.54 Å². The molecule has 0 aliphatic carbocycles. The number of ether oxygens (including phenoxy) is 2. The van der Waals surface area contributed by atoms with Gasteiger partial charge in [0, 0.05) is 24.9 Å². The number of carbonyl (C=O) groups excluding carboxylic acids is 5. The Morgan fingerprint density at radius 1 is 1.18 bits per heavy atom. The zero-order valence-corrected chi connectivity index (χ0v) is 23.5. The van der Waals surface area contributed by atoms with Gasteiger partial charge in [0.15, 0.2) is 5.78 Å². The van der Waals surface area contributed by atoms with E-state index in [0.717, 1.165) is 10.5 Å². The van der Waals surface area contributed by atoms with Crippen LogP contribution in [0.1, 0.15) is 65.0 Å². The van der Waals surface area contributed by atoms with Crippen molar-refractivity contribution in [3.05, 3.63) is 46.8 Å². The number of hydrogen-bond acceptors (Lipinski definition) is 7. The molecule has 12 heteroatoms. The number of fused-ring (bicyclic) bond motifs is 1. The summed E-state index contributed by atoms with van der Waals surface area (Å²) in [5.41, 5.74) is 6.62. The van der Waals surface area contributed by atoms with Crippen molar-refractivity contribution >= 4 is 29.8 Å². The second kappa shape index (κ2) is 12.5. The van der Waals surface area contributed by atoms with Gasteiger partial charge in [-0.15, -0.1) is 0 Å². The number of nitrogens with two attached hydrogens (primary N) is 1. The smallest absolute Gasteiger partial charge is 0.410 e. The van der Waals surface area contributed by atoms with E-state index in [1.54, 1.807) is 46.8 Å². The van der Waals surface area contributed by atoms with Gasteiger partial charge in [-0.25, -0.2) is 14.0 Å². The largest absolute Gasteiger partial charge is 0.444 e. The second-order valence-corrected chi connectivity index (χ2v) is 11.3. The van der Waals surface area contributed by atoms with E-state index in [9.17, 15) is 28.4 Å². The first-order valence-corrected chi connectivity index (χ1v) is 13.1. The highest BCUT2D eigenvalue weighted by atomic mass is 19.1. The average molecular weight is 561 g/mol. The fraction of sp³-hybridized carbons (Fsp3) is 0.536. The maximum atomic E-state index is 14.1. The van der Waals surface area contributed by atoms with Gasteiger partial charge in [0.25, 0.3) is 0 Å². The Balaban J connectivity index is 1.72. The van der Waals surface area contributed by atoms with E-state index in [2.05, 4.69) is 5.32 Å². The highest BCUT2D eigenvalue weighted by Gasteiger charge is 2.43. The molecular formula is C28H37FN4O7. The molecule has 2 aliphatic heterocycles. The van der Waals surface area contributed by atoms with Gasteiger partial charge in [0.2, 0.25) is 11.8 Å². The summed E-state index contributed by atoms with van der Waals surface area (Å²) in [5, 5.41) is 2.51. The van der Waals surface area contributed by atoms with Crippen LogP contribution in [0.5, 0.6) is 0 Å². The first-order valence-electron chi connectivity index (χ1n) is 13.1. The summed E-state index contributed by atoms with van der Waals surface area (Å²) in [4.78, 5) is 66.0. The number of primary amides is 1. The lowest BCUT2D eigenvalue weighted by atomic mass is 10.1. The predicted molar refractivity (Wildman–Crippen MR) is 142 cm³/mol. The number of benzene rings is 1. The molecular weight excluding hydrogens is 523 g/mol. The van der Waals surface area contributed by atoms with Gasteiger partial charge in [0.1, 0.15) is 29.6 Å². The molecule has 3 N–H and O–H groups in total. The van der Waals surface area contributed by atoms with Crippen LogP contribution in [0.25, 0.3) is 0 Å². The van der Waals surface area contributed by atoms with Gasteiger partial charge in [-0.3, -0.25) is 19.3 Å². The third kappa shape index (κ3) is 8.03. The molecule has 1 saturated heterocycles. The molecule has 0 spiro atoms. The van der Waals surface area contributed by atoms with Gasteiger partial charge in [-0.1, -0.05) is 17.7 Å². The second-order valence-electron chi connectivity index (χ2n) is 11.3. The summed E-state index contributed by atoms with van der Waals surface area (Å²) in [6, 6.07) is 2.31. The number of carbonyl (C=O) groups is 5. The highest BCUT2D eigenvalue weighted by Crippen LogP contribution is 2.28. The van der Waals surface area contributed by atoms with Crippen molar-refractivity contribution in [2.24, 2.45) is 5.73 Å². The Hall–Kier alpha value is -3.96. The van der Waals surface area contributed by atoms with E-state index >= 15 is 0 Å². The lowest BCUT2D eigenvalue weighted by Gasteiger charge is -2.28. The van der Waals surface area contributed by atoms with Crippen LogP contribution >= 0.6 is 0 Å². The number of ketones is 1. The van der Waals surface area contributed by atoms with E-state index in [-0.39, 0.29) is 44.7 Å². The van der Waals surface area contributed by atoms with Gasteiger partial charge in [-0.05, 0) is 58.7 Å². The molecule has 0 saturated carbocycles. The van der Waals surface area contributed by atoms with Gasteiger partial charge in [-0.2, -0.15) is 0 Å². The van der Waals surface area contributed by atoms with Gasteiger partial charge >= 0.3 is 12.2 Å². The molecule has 3 rings (SSSR count). The molecule has 4 amide bonds. The van der Waals surface area contributed by atoms with Crippen LogP contribution < -0.4 is 11.1 Å². The lowest BCUT2D eigenvalue weighted by molar-refractivity contribution is -0.139. The van der Waals surface area contributed by atoms with E-state index in [4.69, 9.17) is 15.2 Å². The number of hydrogen-bond donors (Lipinski definition) is 2.